The lowest BCUT2D eigenvalue weighted by atomic mass is 9.80. The van der Waals surface area contributed by atoms with Crippen LogP contribution in [0.4, 0.5) is 4.39 Å². The Morgan fingerprint density at radius 2 is 1.69 bits per heavy atom. The summed E-state index contributed by atoms with van der Waals surface area (Å²) in [4.78, 5) is 0. The van der Waals surface area contributed by atoms with E-state index in [9.17, 15) is 4.39 Å². The Morgan fingerprint density at radius 1 is 1.00 bits per heavy atom. The number of hydrogen-bond acceptors (Lipinski definition) is 0. The van der Waals surface area contributed by atoms with Crippen LogP contribution in [0.15, 0.2) is 42.5 Å². The summed E-state index contributed by atoms with van der Waals surface area (Å²) in [5.74, 6) is 7.87. The molecular weight excluding hydrogens is 343 g/mol. The van der Waals surface area contributed by atoms with Crippen molar-refractivity contribution >= 4 is 11.6 Å². The predicted octanol–water partition coefficient (Wildman–Crippen LogP) is 7.49. The molecule has 3 rings (SSSR count). The maximum Gasteiger partial charge on any atom is 0.142 e. The zero-order valence-corrected chi connectivity index (χ0v) is 16.2. The smallest absolute Gasteiger partial charge is 0.142 e. The molecule has 0 amide bonds. The first-order chi connectivity index (χ1) is 12.7. The van der Waals surface area contributed by atoms with Crippen LogP contribution in [0, 0.1) is 29.5 Å². The van der Waals surface area contributed by atoms with Crippen LogP contribution in [0.3, 0.4) is 0 Å². The number of rotatable bonds is 4. The zero-order chi connectivity index (χ0) is 18.4. The van der Waals surface area contributed by atoms with E-state index in [2.05, 4.69) is 18.8 Å². The van der Waals surface area contributed by atoms with Crippen LogP contribution >= 0.6 is 11.6 Å². The Bertz CT molecular complexity index is 774. The van der Waals surface area contributed by atoms with E-state index in [-0.39, 0.29) is 10.8 Å². The van der Waals surface area contributed by atoms with E-state index in [1.165, 1.54) is 51.0 Å². The fourth-order valence-electron chi connectivity index (χ4n) is 3.70. The van der Waals surface area contributed by atoms with Gasteiger partial charge >= 0.3 is 0 Å². The lowest BCUT2D eigenvalue weighted by molar-refractivity contribution is 0.296. The van der Waals surface area contributed by atoms with Gasteiger partial charge in [-0.15, -0.1) is 0 Å². The molecule has 0 nitrogen and oxygen atoms in total. The molecule has 136 valence electrons. The molecule has 1 fully saturated rings. The molecule has 0 N–H and O–H groups in total. The van der Waals surface area contributed by atoms with Crippen molar-refractivity contribution in [1.82, 2.24) is 0 Å². The van der Waals surface area contributed by atoms with Gasteiger partial charge in [-0.25, -0.2) is 4.39 Å². The van der Waals surface area contributed by atoms with Gasteiger partial charge in [0.15, 0.2) is 0 Å². The Hall–Kier alpha value is -1.78. The first-order valence-electron chi connectivity index (χ1n) is 9.72. The Morgan fingerprint density at radius 3 is 2.35 bits per heavy atom. The van der Waals surface area contributed by atoms with E-state index in [0.29, 0.717) is 5.92 Å². The summed E-state index contributed by atoms with van der Waals surface area (Å²) in [6.45, 7) is 2.27. The van der Waals surface area contributed by atoms with E-state index in [1.54, 1.807) is 6.07 Å². The molecule has 2 aromatic rings. The second-order valence-electron chi connectivity index (χ2n) is 7.34. The number of benzene rings is 2. The van der Waals surface area contributed by atoms with E-state index >= 15 is 0 Å². The fraction of sp³-hybridized carbons (Fsp3) is 0.417. The molecule has 2 heteroatoms. The summed E-state index contributed by atoms with van der Waals surface area (Å²) >= 11 is 5.75. The fourth-order valence-corrected chi connectivity index (χ4v) is 3.81. The molecule has 1 saturated carbocycles. The summed E-state index contributed by atoms with van der Waals surface area (Å²) in [6, 6.07) is 12.9. The second kappa shape index (κ2) is 9.24. The molecule has 0 radical (unpaired) electrons. The van der Waals surface area contributed by atoms with Crippen molar-refractivity contribution < 1.29 is 4.39 Å². The molecule has 2 aromatic carbocycles. The standard InChI is InChI=1S/C24H26ClF/c1-2-3-4-18-5-7-19(8-6-18)9-10-20-11-13-21(14-12-20)22-15-16-23(25)24(26)17-22/h11-19H,2-8H2,1H3/t18-,19-. The van der Waals surface area contributed by atoms with Gasteiger partial charge in [-0.1, -0.05) is 67.8 Å². The largest absolute Gasteiger partial charge is 0.205 e. The van der Waals surface area contributed by atoms with Crippen LogP contribution in [0.5, 0.6) is 0 Å². The van der Waals surface area contributed by atoms with Gasteiger partial charge in [-0.2, -0.15) is 0 Å². The highest BCUT2D eigenvalue weighted by Gasteiger charge is 2.19. The molecule has 0 saturated heterocycles. The Kier molecular flexibility index (Phi) is 6.75. The minimum absolute atomic E-state index is 0.153. The molecule has 1 aliphatic carbocycles. The van der Waals surface area contributed by atoms with Crippen molar-refractivity contribution in [2.75, 3.05) is 0 Å². The second-order valence-corrected chi connectivity index (χ2v) is 7.74. The number of unbranched alkanes of at least 4 members (excludes halogenated alkanes) is 1. The maximum atomic E-state index is 13.6. The van der Waals surface area contributed by atoms with Crippen molar-refractivity contribution in [3.63, 3.8) is 0 Å². The van der Waals surface area contributed by atoms with Crippen LogP contribution in [-0.4, -0.2) is 0 Å². The average molecular weight is 369 g/mol. The summed E-state index contributed by atoms with van der Waals surface area (Å²) in [6.07, 6.45) is 9.21. The molecule has 0 aromatic heterocycles. The van der Waals surface area contributed by atoms with Crippen molar-refractivity contribution in [3.8, 4) is 23.0 Å². The minimum Gasteiger partial charge on any atom is -0.205 e. The third kappa shape index (κ3) is 5.12. The molecule has 0 bridgehead atoms. The van der Waals surface area contributed by atoms with Gasteiger partial charge in [0.1, 0.15) is 5.82 Å². The molecule has 26 heavy (non-hydrogen) atoms. The summed E-state index contributed by atoms with van der Waals surface area (Å²) < 4.78 is 13.6. The van der Waals surface area contributed by atoms with Crippen molar-refractivity contribution in [2.45, 2.75) is 51.9 Å². The van der Waals surface area contributed by atoms with Gasteiger partial charge in [0.25, 0.3) is 0 Å². The third-order valence-corrected chi connectivity index (χ3v) is 5.68. The lowest BCUT2D eigenvalue weighted by Crippen LogP contribution is -2.13. The molecule has 0 heterocycles. The van der Waals surface area contributed by atoms with Gasteiger partial charge in [-0.3, -0.25) is 0 Å². The highest BCUT2D eigenvalue weighted by Crippen LogP contribution is 2.31. The first kappa shape index (κ1) is 19.0. The maximum absolute atomic E-state index is 13.6. The molecule has 0 atom stereocenters. The molecule has 1 aliphatic rings. The molecule has 0 aliphatic heterocycles. The monoisotopic (exact) mass is 368 g/mol. The topological polar surface area (TPSA) is 0 Å². The van der Waals surface area contributed by atoms with E-state index in [0.717, 1.165) is 22.6 Å². The van der Waals surface area contributed by atoms with Crippen LogP contribution < -0.4 is 0 Å². The van der Waals surface area contributed by atoms with E-state index in [4.69, 9.17) is 11.6 Å². The summed E-state index contributed by atoms with van der Waals surface area (Å²) in [5.41, 5.74) is 2.83. The van der Waals surface area contributed by atoms with Crippen LogP contribution in [-0.2, 0) is 0 Å². The number of hydrogen-bond donors (Lipinski definition) is 0. The number of halogens is 2. The molecule has 0 spiro atoms. The van der Waals surface area contributed by atoms with Gasteiger partial charge < -0.3 is 0 Å². The van der Waals surface area contributed by atoms with Gasteiger partial charge in [0.05, 0.1) is 5.02 Å². The van der Waals surface area contributed by atoms with Crippen molar-refractivity contribution in [1.29, 1.82) is 0 Å². The molecule has 0 unspecified atom stereocenters. The summed E-state index contributed by atoms with van der Waals surface area (Å²) in [7, 11) is 0. The lowest BCUT2D eigenvalue weighted by Gasteiger charge is -2.25. The van der Waals surface area contributed by atoms with Gasteiger partial charge in [-0.05, 0) is 67.0 Å². The van der Waals surface area contributed by atoms with Gasteiger partial charge in [0, 0.05) is 11.5 Å². The molecular formula is C24H26ClF. The van der Waals surface area contributed by atoms with Crippen LogP contribution in [0.2, 0.25) is 5.02 Å². The summed E-state index contributed by atoms with van der Waals surface area (Å²) in [5, 5.41) is 0.153. The van der Waals surface area contributed by atoms with Crippen LogP contribution in [0.1, 0.15) is 57.4 Å². The highest BCUT2D eigenvalue weighted by molar-refractivity contribution is 6.30. The van der Waals surface area contributed by atoms with Crippen LogP contribution in [0.25, 0.3) is 11.1 Å². The average Bonchev–Trinajstić information content (AvgIpc) is 2.68. The first-order valence-corrected chi connectivity index (χ1v) is 10.1. The Balaban J connectivity index is 1.58. The van der Waals surface area contributed by atoms with Crippen molar-refractivity contribution in [3.05, 3.63) is 58.9 Å². The normalized spacial score (nSPS) is 19.7. The van der Waals surface area contributed by atoms with Crippen molar-refractivity contribution in [2.24, 2.45) is 11.8 Å². The van der Waals surface area contributed by atoms with E-state index < -0.39 is 0 Å². The SMILES string of the molecule is CCCC[C@H]1CC[C@H](C#Cc2ccc(-c3ccc(Cl)c(F)c3)cc2)CC1. The zero-order valence-electron chi connectivity index (χ0n) is 15.4. The third-order valence-electron chi connectivity index (χ3n) is 5.37. The minimum atomic E-state index is -0.387. The quantitative estimate of drug-likeness (QED) is 0.490. The highest BCUT2D eigenvalue weighted by atomic mass is 35.5. The Labute approximate surface area is 161 Å². The van der Waals surface area contributed by atoms with Gasteiger partial charge in [0.2, 0.25) is 0 Å². The predicted molar refractivity (Wildman–Crippen MR) is 109 cm³/mol. The van der Waals surface area contributed by atoms with E-state index in [1.807, 2.05) is 30.3 Å².